The summed E-state index contributed by atoms with van der Waals surface area (Å²) in [6.07, 6.45) is 0. The molecule has 0 atom stereocenters. The van der Waals surface area contributed by atoms with Crippen molar-refractivity contribution in [3.63, 3.8) is 0 Å². The van der Waals surface area contributed by atoms with Crippen molar-refractivity contribution in [2.45, 2.75) is 11.8 Å². The maximum Gasteiger partial charge on any atom is 0.338 e. The number of nitrogens with zero attached hydrogens (tertiary/aromatic N) is 2. The molecule has 0 aliphatic heterocycles. The minimum atomic E-state index is -3.83. The van der Waals surface area contributed by atoms with Crippen molar-refractivity contribution < 1.29 is 22.7 Å². The van der Waals surface area contributed by atoms with Gasteiger partial charge in [-0.1, -0.05) is 11.6 Å². The Labute approximate surface area is 159 Å². The Balaban J connectivity index is 2.07. The number of benzene rings is 1. The van der Waals surface area contributed by atoms with Crippen molar-refractivity contribution in [3.05, 3.63) is 39.9 Å². The number of thiazole rings is 1. The Hall–Kier alpha value is -2.01. The second-order valence-corrected chi connectivity index (χ2v) is 8.74. The summed E-state index contributed by atoms with van der Waals surface area (Å²) in [5.74, 6) is -1.40. The molecule has 1 amide bonds. The summed E-state index contributed by atoms with van der Waals surface area (Å²) in [5, 5.41) is 4.64. The van der Waals surface area contributed by atoms with E-state index < -0.39 is 28.5 Å². The Morgan fingerprint density at radius 2 is 2.04 bits per heavy atom. The Bertz CT molecular complexity index is 941. The number of hydrogen-bond acceptors (Lipinski definition) is 7. The average Bonchev–Trinajstić information content (AvgIpc) is 2.97. The summed E-state index contributed by atoms with van der Waals surface area (Å²) in [5.41, 5.74) is 0.728. The molecule has 0 aliphatic carbocycles. The molecule has 0 saturated carbocycles. The summed E-state index contributed by atoms with van der Waals surface area (Å²) in [6, 6.07) is 3.72. The van der Waals surface area contributed by atoms with Crippen LogP contribution in [-0.4, -0.2) is 50.3 Å². The smallest absolute Gasteiger partial charge is 0.338 e. The molecule has 2 aromatic rings. The lowest BCUT2D eigenvalue weighted by molar-refractivity contribution is -0.119. The highest BCUT2D eigenvalue weighted by Gasteiger charge is 2.23. The number of sulfonamides is 1. The van der Waals surface area contributed by atoms with Gasteiger partial charge < -0.3 is 4.74 Å². The number of amides is 1. The monoisotopic (exact) mass is 417 g/mol. The summed E-state index contributed by atoms with van der Waals surface area (Å²) in [7, 11) is -1.13. The van der Waals surface area contributed by atoms with E-state index in [1.807, 2.05) is 0 Å². The van der Waals surface area contributed by atoms with Crippen LogP contribution in [0.3, 0.4) is 0 Å². The fraction of sp³-hybridized carbons (Fsp3) is 0.267. The summed E-state index contributed by atoms with van der Waals surface area (Å²) >= 11 is 7.17. The maximum atomic E-state index is 12.2. The fourth-order valence-electron chi connectivity index (χ4n) is 1.81. The molecule has 1 aromatic heterocycles. The SMILES string of the molecule is Cc1csc(NC(=O)COC(=O)c2ccc(Cl)c(S(=O)(=O)N(C)C)c2)n1. The van der Waals surface area contributed by atoms with Crippen LogP contribution < -0.4 is 5.32 Å². The number of rotatable bonds is 6. The van der Waals surface area contributed by atoms with Gasteiger partial charge in [-0.2, -0.15) is 0 Å². The second-order valence-electron chi connectivity index (χ2n) is 5.35. The zero-order valence-corrected chi connectivity index (χ0v) is 16.5. The van der Waals surface area contributed by atoms with Crippen molar-refractivity contribution in [1.82, 2.24) is 9.29 Å². The summed E-state index contributed by atoms with van der Waals surface area (Å²) in [4.78, 5) is 27.7. The van der Waals surface area contributed by atoms with Crippen LogP contribution in [-0.2, 0) is 19.6 Å². The molecule has 8 nitrogen and oxygen atoms in total. The first-order chi connectivity index (χ1) is 12.1. The number of aryl methyl sites for hydroxylation is 1. The van der Waals surface area contributed by atoms with E-state index in [1.54, 1.807) is 12.3 Å². The van der Waals surface area contributed by atoms with Crippen LogP contribution in [0.5, 0.6) is 0 Å². The third kappa shape index (κ3) is 4.79. The van der Waals surface area contributed by atoms with Crippen molar-refractivity contribution in [2.75, 3.05) is 26.0 Å². The molecule has 0 unspecified atom stereocenters. The van der Waals surface area contributed by atoms with Gasteiger partial charge in [-0.15, -0.1) is 11.3 Å². The van der Waals surface area contributed by atoms with Crippen LogP contribution in [0.1, 0.15) is 16.1 Å². The van der Waals surface area contributed by atoms with Crippen molar-refractivity contribution in [1.29, 1.82) is 0 Å². The third-order valence-corrected chi connectivity index (χ3v) is 6.30. The number of halogens is 1. The zero-order valence-electron chi connectivity index (χ0n) is 14.1. The molecule has 1 aromatic carbocycles. The minimum Gasteiger partial charge on any atom is -0.452 e. The van der Waals surface area contributed by atoms with Crippen LogP contribution >= 0.6 is 22.9 Å². The van der Waals surface area contributed by atoms with Gasteiger partial charge in [-0.05, 0) is 25.1 Å². The second kappa shape index (κ2) is 8.12. The first-order valence-electron chi connectivity index (χ1n) is 7.22. The molecule has 140 valence electrons. The van der Waals surface area contributed by atoms with Gasteiger partial charge in [0.1, 0.15) is 4.90 Å². The number of hydrogen-bond donors (Lipinski definition) is 1. The number of nitrogens with one attached hydrogen (secondary N) is 1. The van der Waals surface area contributed by atoms with E-state index >= 15 is 0 Å². The molecule has 0 radical (unpaired) electrons. The van der Waals surface area contributed by atoms with Gasteiger partial charge in [0.05, 0.1) is 16.3 Å². The number of esters is 1. The molecule has 0 fully saturated rings. The number of ether oxygens (including phenoxy) is 1. The largest absolute Gasteiger partial charge is 0.452 e. The van der Waals surface area contributed by atoms with E-state index in [0.717, 1.165) is 16.1 Å². The van der Waals surface area contributed by atoms with E-state index in [2.05, 4.69) is 10.3 Å². The highest BCUT2D eigenvalue weighted by atomic mass is 35.5. The lowest BCUT2D eigenvalue weighted by Crippen LogP contribution is -2.23. The number of anilines is 1. The molecule has 26 heavy (non-hydrogen) atoms. The molecule has 1 heterocycles. The van der Waals surface area contributed by atoms with Gasteiger partial charge >= 0.3 is 5.97 Å². The quantitative estimate of drug-likeness (QED) is 0.722. The molecule has 11 heteroatoms. The van der Waals surface area contributed by atoms with Gasteiger partial charge in [0, 0.05) is 19.5 Å². The lowest BCUT2D eigenvalue weighted by atomic mass is 10.2. The topological polar surface area (TPSA) is 106 Å². The third-order valence-electron chi connectivity index (χ3n) is 3.13. The van der Waals surface area contributed by atoms with Gasteiger partial charge in [0.2, 0.25) is 10.0 Å². The molecule has 0 saturated heterocycles. The Kier molecular flexibility index (Phi) is 6.34. The van der Waals surface area contributed by atoms with Crippen LogP contribution in [0.2, 0.25) is 5.02 Å². The van der Waals surface area contributed by atoms with Crippen LogP contribution in [0.25, 0.3) is 0 Å². The molecule has 0 spiro atoms. The van der Waals surface area contributed by atoms with Crippen molar-refractivity contribution in [3.8, 4) is 0 Å². The summed E-state index contributed by atoms with van der Waals surface area (Å²) < 4.78 is 30.3. The molecule has 2 rings (SSSR count). The highest BCUT2D eigenvalue weighted by Crippen LogP contribution is 2.25. The normalized spacial score (nSPS) is 11.4. The first-order valence-corrected chi connectivity index (χ1v) is 9.92. The predicted molar refractivity (Wildman–Crippen MR) is 98.1 cm³/mol. The van der Waals surface area contributed by atoms with E-state index in [9.17, 15) is 18.0 Å². The lowest BCUT2D eigenvalue weighted by Gasteiger charge is -2.13. The van der Waals surface area contributed by atoms with E-state index in [4.69, 9.17) is 16.3 Å². The van der Waals surface area contributed by atoms with Gasteiger partial charge in [-0.3, -0.25) is 10.1 Å². The van der Waals surface area contributed by atoms with Crippen molar-refractivity contribution in [2.24, 2.45) is 0 Å². The number of carbonyl (C=O) groups excluding carboxylic acids is 2. The van der Waals surface area contributed by atoms with E-state index in [0.29, 0.717) is 5.13 Å². The van der Waals surface area contributed by atoms with Gasteiger partial charge in [0.25, 0.3) is 5.91 Å². The van der Waals surface area contributed by atoms with E-state index in [-0.39, 0.29) is 15.5 Å². The molecule has 1 N–H and O–H groups in total. The molecule has 0 aliphatic rings. The molecule has 0 bridgehead atoms. The first kappa shape index (κ1) is 20.3. The predicted octanol–water partition coefficient (Wildman–Crippen LogP) is 2.15. The van der Waals surface area contributed by atoms with Crippen LogP contribution in [0.15, 0.2) is 28.5 Å². The number of aromatic nitrogens is 1. The number of carbonyl (C=O) groups is 2. The maximum absolute atomic E-state index is 12.2. The van der Waals surface area contributed by atoms with E-state index in [1.165, 1.54) is 37.6 Å². The highest BCUT2D eigenvalue weighted by molar-refractivity contribution is 7.89. The molecular formula is C15H16ClN3O5S2. The molecular weight excluding hydrogens is 402 g/mol. The van der Waals surface area contributed by atoms with Crippen LogP contribution in [0.4, 0.5) is 5.13 Å². The Morgan fingerprint density at radius 1 is 1.35 bits per heavy atom. The Morgan fingerprint density at radius 3 is 2.62 bits per heavy atom. The standard InChI is InChI=1S/C15H16ClN3O5S2/c1-9-8-25-15(17-9)18-13(20)7-24-14(21)10-4-5-11(16)12(6-10)26(22,23)19(2)3/h4-6,8H,7H2,1-3H3,(H,17,18,20). The van der Waals surface area contributed by atoms with Gasteiger partial charge in [-0.25, -0.2) is 22.5 Å². The summed E-state index contributed by atoms with van der Waals surface area (Å²) in [6.45, 7) is 1.25. The fourth-order valence-corrected chi connectivity index (χ4v) is 3.90. The average molecular weight is 418 g/mol. The zero-order chi connectivity index (χ0) is 19.5. The van der Waals surface area contributed by atoms with Crippen molar-refractivity contribution >= 4 is 50.0 Å². The minimum absolute atomic E-state index is 0.0212. The van der Waals surface area contributed by atoms with Gasteiger partial charge in [0.15, 0.2) is 11.7 Å². The van der Waals surface area contributed by atoms with Crippen LogP contribution in [0, 0.1) is 6.92 Å².